The van der Waals surface area contributed by atoms with Crippen LogP contribution in [-0.2, 0) is 9.57 Å². The van der Waals surface area contributed by atoms with Crippen molar-refractivity contribution >= 4 is 5.71 Å². The molecular formula is C11H11NO3. The van der Waals surface area contributed by atoms with Crippen molar-refractivity contribution in [2.45, 2.75) is 12.7 Å². The molecule has 0 bridgehead atoms. The summed E-state index contributed by atoms with van der Waals surface area (Å²) in [6.45, 7) is 0.729. The third-order valence-corrected chi connectivity index (χ3v) is 2.81. The number of phenols is 1. The Morgan fingerprint density at radius 2 is 2.07 bits per heavy atom. The third kappa shape index (κ3) is 1.37. The van der Waals surface area contributed by atoms with E-state index in [9.17, 15) is 5.11 Å². The highest BCUT2D eigenvalue weighted by Crippen LogP contribution is 2.31. The molecule has 2 aliphatic rings. The molecule has 0 unspecified atom stereocenters. The average Bonchev–Trinajstić information content (AvgIpc) is 2.80. The summed E-state index contributed by atoms with van der Waals surface area (Å²) < 4.78 is 5.37. The fourth-order valence-corrected chi connectivity index (χ4v) is 2.01. The van der Waals surface area contributed by atoms with Gasteiger partial charge in [0, 0.05) is 5.56 Å². The molecule has 1 saturated heterocycles. The minimum Gasteiger partial charge on any atom is -0.508 e. The maximum absolute atomic E-state index is 9.19. The van der Waals surface area contributed by atoms with Crippen molar-refractivity contribution in [3.05, 3.63) is 29.8 Å². The number of fused-ring (bicyclic) bond motifs is 1. The molecule has 0 amide bonds. The van der Waals surface area contributed by atoms with Crippen LogP contribution in [0.25, 0.3) is 0 Å². The number of benzene rings is 1. The summed E-state index contributed by atoms with van der Waals surface area (Å²) in [5, 5.41) is 13.2. The van der Waals surface area contributed by atoms with Crippen molar-refractivity contribution < 1.29 is 14.7 Å². The second-order valence-electron chi connectivity index (χ2n) is 3.76. The van der Waals surface area contributed by atoms with Gasteiger partial charge in [0.2, 0.25) is 6.29 Å². The van der Waals surface area contributed by atoms with Crippen LogP contribution in [0.1, 0.15) is 12.0 Å². The lowest BCUT2D eigenvalue weighted by molar-refractivity contribution is -0.106. The van der Waals surface area contributed by atoms with Gasteiger partial charge in [-0.1, -0.05) is 5.16 Å². The van der Waals surface area contributed by atoms with Crippen LogP contribution in [-0.4, -0.2) is 23.7 Å². The predicted molar refractivity (Wildman–Crippen MR) is 53.6 cm³/mol. The van der Waals surface area contributed by atoms with Crippen LogP contribution in [0, 0.1) is 5.92 Å². The Bertz CT molecular complexity index is 399. The van der Waals surface area contributed by atoms with E-state index in [0.717, 1.165) is 24.3 Å². The van der Waals surface area contributed by atoms with Crippen LogP contribution in [0.4, 0.5) is 0 Å². The van der Waals surface area contributed by atoms with Crippen molar-refractivity contribution in [1.29, 1.82) is 0 Å². The molecule has 2 heterocycles. The van der Waals surface area contributed by atoms with Gasteiger partial charge in [-0.15, -0.1) is 0 Å². The summed E-state index contributed by atoms with van der Waals surface area (Å²) in [5.74, 6) is 0.507. The Morgan fingerprint density at radius 1 is 1.27 bits per heavy atom. The Hall–Kier alpha value is -1.55. The van der Waals surface area contributed by atoms with Crippen LogP contribution in [0.5, 0.6) is 5.75 Å². The first kappa shape index (κ1) is 8.73. The lowest BCUT2D eigenvalue weighted by Gasteiger charge is -2.07. The molecule has 78 valence electrons. The number of hydrogen-bond acceptors (Lipinski definition) is 4. The zero-order valence-corrected chi connectivity index (χ0v) is 8.09. The van der Waals surface area contributed by atoms with Crippen LogP contribution in [0.15, 0.2) is 29.4 Å². The number of oxime groups is 1. The molecule has 1 aromatic carbocycles. The van der Waals surface area contributed by atoms with Gasteiger partial charge in [-0.25, -0.2) is 0 Å². The smallest absolute Gasteiger partial charge is 0.235 e. The first-order valence-electron chi connectivity index (χ1n) is 4.99. The normalized spacial score (nSPS) is 28.4. The second kappa shape index (κ2) is 3.24. The molecule has 2 aliphatic heterocycles. The molecule has 15 heavy (non-hydrogen) atoms. The minimum absolute atomic E-state index is 0.200. The zero-order valence-electron chi connectivity index (χ0n) is 8.09. The van der Waals surface area contributed by atoms with Crippen LogP contribution >= 0.6 is 0 Å². The predicted octanol–water partition coefficient (Wildman–Crippen LogP) is 1.49. The Balaban J connectivity index is 1.91. The van der Waals surface area contributed by atoms with Crippen molar-refractivity contribution in [1.82, 2.24) is 0 Å². The van der Waals surface area contributed by atoms with Crippen molar-refractivity contribution in [2.24, 2.45) is 11.1 Å². The molecule has 1 fully saturated rings. The van der Waals surface area contributed by atoms with Crippen molar-refractivity contribution in [3.63, 3.8) is 0 Å². The van der Waals surface area contributed by atoms with E-state index in [1.165, 1.54) is 0 Å². The van der Waals surface area contributed by atoms with E-state index < -0.39 is 0 Å². The summed E-state index contributed by atoms with van der Waals surface area (Å²) >= 11 is 0. The molecule has 0 aliphatic carbocycles. The second-order valence-corrected chi connectivity index (χ2v) is 3.76. The van der Waals surface area contributed by atoms with Crippen LogP contribution in [0.3, 0.4) is 0 Å². The third-order valence-electron chi connectivity index (χ3n) is 2.81. The molecule has 0 aromatic heterocycles. The fourth-order valence-electron chi connectivity index (χ4n) is 2.01. The van der Waals surface area contributed by atoms with Crippen molar-refractivity contribution in [2.75, 3.05) is 6.61 Å². The highest BCUT2D eigenvalue weighted by atomic mass is 16.8. The minimum atomic E-state index is -0.200. The number of hydrogen-bond donors (Lipinski definition) is 1. The molecule has 3 rings (SSSR count). The topological polar surface area (TPSA) is 51.1 Å². The maximum Gasteiger partial charge on any atom is 0.235 e. The Labute approximate surface area is 87.1 Å². The van der Waals surface area contributed by atoms with E-state index in [2.05, 4.69) is 5.16 Å². The lowest BCUT2D eigenvalue weighted by atomic mass is 9.95. The summed E-state index contributed by atoms with van der Waals surface area (Å²) in [7, 11) is 0. The van der Waals surface area contributed by atoms with Gasteiger partial charge in [-0.2, -0.15) is 0 Å². The molecule has 1 N–H and O–H groups in total. The Kier molecular flexibility index (Phi) is 1.89. The van der Waals surface area contributed by atoms with Gasteiger partial charge in [0.05, 0.1) is 18.2 Å². The maximum atomic E-state index is 9.19. The number of ether oxygens (including phenoxy) is 1. The number of rotatable bonds is 1. The monoisotopic (exact) mass is 205 g/mol. The highest BCUT2D eigenvalue weighted by Gasteiger charge is 2.39. The quantitative estimate of drug-likeness (QED) is 0.755. The van der Waals surface area contributed by atoms with E-state index in [0.29, 0.717) is 0 Å². The summed E-state index contributed by atoms with van der Waals surface area (Å²) in [4.78, 5) is 5.18. The molecular weight excluding hydrogens is 194 g/mol. The van der Waals surface area contributed by atoms with Gasteiger partial charge in [0.25, 0.3) is 0 Å². The van der Waals surface area contributed by atoms with E-state index in [4.69, 9.17) is 9.57 Å². The number of aromatic hydroxyl groups is 1. The van der Waals surface area contributed by atoms with Gasteiger partial charge in [0.15, 0.2) is 0 Å². The van der Waals surface area contributed by atoms with E-state index in [1.54, 1.807) is 12.1 Å². The summed E-state index contributed by atoms with van der Waals surface area (Å²) in [6.07, 6.45) is 0.749. The number of nitrogens with zero attached hydrogens (tertiary/aromatic N) is 1. The summed E-state index contributed by atoms with van der Waals surface area (Å²) in [5.41, 5.74) is 1.92. The first-order chi connectivity index (χ1) is 7.34. The van der Waals surface area contributed by atoms with Gasteiger partial charge in [-0.3, -0.25) is 0 Å². The molecule has 1 aromatic rings. The van der Waals surface area contributed by atoms with Crippen LogP contribution in [0.2, 0.25) is 0 Å². The van der Waals surface area contributed by atoms with Gasteiger partial charge in [0.1, 0.15) is 5.75 Å². The molecule has 0 saturated carbocycles. The fraction of sp³-hybridized carbons (Fsp3) is 0.364. The lowest BCUT2D eigenvalue weighted by Crippen LogP contribution is -2.18. The molecule has 0 radical (unpaired) electrons. The van der Waals surface area contributed by atoms with Gasteiger partial charge < -0.3 is 14.7 Å². The van der Waals surface area contributed by atoms with Crippen molar-refractivity contribution in [3.8, 4) is 5.75 Å². The van der Waals surface area contributed by atoms with E-state index >= 15 is 0 Å². The van der Waals surface area contributed by atoms with Crippen LogP contribution < -0.4 is 0 Å². The van der Waals surface area contributed by atoms with E-state index in [1.807, 2.05) is 12.1 Å². The Morgan fingerprint density at radius 3 is 2.87 bits per heavy atom. The SMILES string of the molecule is Oc1ccc(C2=NO[C@@H]3OCC[C@H]23)cc1. The largest absolute Gasteiger partial charge is 0.508 e. The van der Waals surface area contributed by atoms with Gasteiger partial charge >= 0.3 is 0 Å². The standard InChI is InChI=1S/C11H11NO3/c13-8-3-1-7(2-4-8)10-9-5-6-14-11(9)15-12-10/h1-4,9,11,13H,5-6H2/t9-,11+/m1/s1. The summed E-state index contributed by atoms with van der Waals surface area (Å²) in [6, 6.07) is 7.00. The highest BCUT2D eigenvalue weighted by molar-refractivity contribution is 6.03. The molecule has 2 atom stereocenters. The average molecular weight is 205 g/mol. The molecule has 4 nitrogen and oxygen atoms in total. The molecule has 4 heteroatoms. The first-order valence-corrected chi connectivity index (χ1v) is 4.99. The zero-order chi connectivity index (χ0) is 10.3. The molecule has 0 spiro atoms. The number of phenolic OH excluding ortho intramolecular Hbond substituents is 1. The van der Waals surface area contributed by atoms with E-state index in [-0.39, 0.29) is 18.0 Å². The van der Waals surface area contributed by atoms with Gasteiger partial charge in [-0.05, 0) is 30.7 Å².